The topological polar surface area (TPSA) is 53.1 Å². The van der Waals surface area contributed by atoms with Gasteiger partial charge in [0.15, 0.2) is 0 Å². The highest BCUT2D eigenvalue weighted by Crippen LogP contribution is 2.30. The molecule has 0 radical (unpaired) electrons. The van der Waals surface area contributed by atoms with E-state index in [2.05, 4.69) is 18.0 Å². The van der Waals surface area contributed by atoms with Gasteiger partial charge in [-0.15, -0.1) is 0 Å². The molecule has 2 N–H and O–H groups in total. The minimum atomic E-state index is -0.886. The Morgan fingerprint density at radius 3 is 2.65 bits per heavy atom. The molecule has 2 aromatic rings. The number of H-pyrrole nitrogens is 1. The van der Waals surface area contributed by atoms with Crippen LogP contribution in [0.4, 0.5) is 0 Å². The van der Waals surface area contributed by atoms with Crippen molar-refractivity contribution >= 4 is 16.9 Å². The summed E-state index contributed by atoms with van der Waals surface area (Å²) in [5.41, 5.74) is 3.37. The number of benzene rings is 1. The molecule has 3 nitrogen and oxygen atoms in total. The van der Waals surface area contributed by atoms with Crippen molar-refractivity contribution in [3.05, 3.63) is 35.0 Å². The molecule has 0 saturated carbocycles. The Bertz CT molecular complexity index is 567. The summed E-state index contributed by atoms with van der Waals surface area (Å²) in [6.07, 6.45) is 0.959. The molecular weight excluding hydrogens is 214 g/mol. The van der Waals surface area contributed by atoms with Crippen molar-refractivity contribution in [3.63, 3.8) is 0 Å². The van der Waals surface area contributed by atoms with Crippen LogP contribution in [0.5, 0.6) is 0 Å². The summed E-state index contributed by atoms with van der Waals surface area (Å²) in [5.74, 6) is -0.690. The molecule has 1 aromatic heterocycles. The zero-order valence-electron chi connectivity index (χ0n) is 10.4. The lowest BCUT2D eigenvalue weighted by Crippen LogP contribution is -2.02. The van der Waals surface area contributed by atoms with E-state index in [9.17, 15) is 9.90 Å². The molecule has 0 atom stereocenters. The van der Waals surface area contributed by atoms with Gasteiger partial charge in [-0.25, -0.2) is 4.79 Å². The maximum absolute atomic E-state index is 11.2. The number of aromatic amines is 1. The van der Waals surface area contributed by atoms with E-state index in [0.29, 0.717) is 5.69 Å². The molecule has 1 heterocycles. The summed E-state index contributed by atoms with van der Waals surface area (Å²) in [6, 6.07) is 6.09. The highest BCUT2D eigenvalue weighted by Gasteiger charge is 2.19. The smallest absolute Gasteiger partial charge is 0.352 e. The van der Waals surface area contributed by atoms with Gasteiger partial charge >= 0.3 is 5.97 Å². The molecule has 90 valence electrons. The molecule has 17 heavy (non-hydrogen) atoms. The Morgan fingerprint density at radius 2 is 2.12 bits per heavy atom. The van der Waals surface area contributed by atoms with Gasteiger partial charge in [0.1, 0.15) is 5.69 Å². The van der Waals surface area contributed by atoms with E-state index in [-0.39, 0.29) is 5.92 Å². The average Bonchev–Trinajstić information content (AvgIpc) is 2.66. The highest BCUT2D eigenvalue weighted by molar-refractivity contribution is 5.98. The summed E-state index contributed by atoms with van der Waals surface area (Å²) in [6.45, 7) is 6.14. The van der Waals surface area contributed by atoms with Gasteiger partial charge in [0.05, 0.1) is 0 Å². The third-order valence-corrected chi connectivity index (χ3v) is 3.10. The van der Waals surface area contributed by atoms with Gasteiger partial charge in [0.25, 0.3) is 0 Å². The van der Waals surface area contributed by atoms with E-state index in [1.807, 2.05) is 26.0 Å². The SMILES string of the molecule is CCc1ccc2[nH]c(C(=O)O)c(C(C)C)c2c1. The molecule has 3 heteroatoms. The monoisotopic (exact) mass is 231 g/mol. The molecule has 0 saturated heterocycles. The number of hydrogen-bond acceptors (Lipinski definition) is 1. The van der Waals surface area contributed by atoms with Gasteiger partial charge in [-0.05, 0) is 35.6 Å². The second kappa shape index (κ2) is 4.24. The van der Waals surface area contributed by atoms with E-state index in [1.54, 1.807) is 0 Å². The predicted octanol–water partition coefficient (Wildman–Crippen LogP) is 3.55. The van der Waals surface area contributed by atoms with Crippen molar-refractivity contribution in [2.45, 2.75) is 33.1 Å². The van der Waals surface area contributed by atoms with Crippen LogP contribution in [-0.4, -0.2) is 16.1 Å². The van der Waals surface area contributed by atoms with Gasteiger partial charge in [0, 0.05) is 10.9 Å². The van der Waals surface area contributed by atoms with Crippen LogP contribution in [0.2, 0.25) is 0 Å². The molecule has 0 bridgehead atoms. The lowest BCUT2D eigenvalue weighted by Gasteiger charge is -2.05. The summed E-state index contributed by atoms with van der Waals surface area (Å²) >= 11 is 0. The first-order valence-corrected chi connectivity index (χ1v) is 5.92. The van der Waals surface area contributed by atoms with Crippen LogP contribution in [0.15, 0.2) is 18.2 Å². The van der Waals surface area contributed by atoms with Crippen LogP contribution in [0.25, 0.3) is 10.9 Å². The fourth-order valence-corrected chi connectivity index (χ4v) is 2.25. The Labute approximate surface area is 100 Å². The van der Waals surface area contributed by atoms with Gasteiger partial charge in [-0.2, -0.15) is 0 Å². The van der Waals surface area contributed by atoms with Crippen molar-refractivity contribution in [2.24, 2.45) is 0 Å². The zero-order valence-corrected chi connectivity index (χ0v) is 10.4. The maximum atomic E-state index is 11.2. The van der Waals surface area contributed by atoms with Crippen LogP contribution in [0.3, 0.4) is 0 Å². The Hall–Kier alpha value is -1.77. The van der Waals surface area contributed by atoms with Crippen LogP contribution in [0, 0.1) is 0 Å². The molecule has 0 unspecified atom stereocenters. The molecule has 1 aromatic carbocycles. The normalized spacial score (nSPS) is 11.3. The Balaban J connectivity index is 2.77. The Kier molecular flexibility index (Phi) is 2.92. The number of carboxylic acid groups (broad SMARTS) is 1. The average molecular weight is 231 g/mol. The van der Waals surface area contributed by atoms with Crippen LogP contribution in [-0.2, 0) is 6.42 Å². The van der Waals surface area contributed by atoms with Gasteiger partial charge in [-0.3, -0.25) is 0 Å². The maximum Gasteiger partial charge on any atom is 0.352 e. The van der Waals surface area contributed by atoms with Gasteiger partial charge in [-0.1, -0.05) is 26.8 Å². The van der Waals surface area contributed by atoms with Crippen LogP contribution in [0.1, 0.15) is 48.3 Å². The van der Waals surface area contributed by atoms with Crippen LogP contribution >= 0.6 is 0 Å². The zero-order chi connectivity index (χ0) is 12.6. The summed E-state index contributed by atoms with van der Waals surface area (Å²) in [5, 5.41) is 10.2. The van der Waals surface area contributed by atoms with Crippen molar-refractivity contribution < 1.29 is 9.90 Å². The molecule has 0 aliphatic carbocycles. The van der Waals surface area contributed by atoms with E-state index in [1.165, 1.54) is 5.56 Å². The molecule has 2 rings (SSSR count). The number of fused-ring (bicyclic) bond motifs is 1. The van der Waals surface area contributed by atoms with Gasteiger partial charge < -0.3 is 10.1 Å². The minimum Gasteiger partial charge on any atom is -0.477 e. The molecule has 0 aliphatic rings. The lowest BCUT2D eigenvalue weighted by molar-refractivity contribution is 0.0690. The largest absolute Gasteiger partial charge is 0.477 e. The molecule has 0 fully saturated rings. The number of carbonyl (C=O) groups is 1. The predicted molar refractivity (Wildman–Crippen MR) is 68.7 cm³/mol. The second-order valence-corrected chi connectivity index (χ2v) is 4.61. The van der Waals surface area contributed by atoms with Gasteiger partial charge in [0.2, 0.25) is 0 Å². The summed E-state index contributed by atoms with van der Waals surface area (Å²) < 4.78 is 0. The summed E-state index contributed by atoms with van der Waals surface area (Å²) in [7, 11) is 0. The van der Waals surface area contributed by atoms with Crippen LogP contribution < -0.4 is 0 Å². The number of nitrogens with one attached hydrogen (secondary N) is 1. The third kappa shape index (κ3) is 1.93. The number of carboxylic acids is 1. The van der Waals surface area contributed by atoms with Crippen molar-refractivity contribution in [3.8, 4) is 0 Å². The number of rotatable bonds is 3. The standard InChI is InChI=1S/C14H17NO2/c1-4-9-5-6-11-10(7-9)12(8(2)3)13(15-11)14(16)17/h5-8,15H,4H2,1-3H3,(H,16,17). The first-order valence-electron chi connectivity index (χ1n) is 5.92. The van der Waals surface area contributed by atoms with E-state index >= 15 is 0 Å². The summed E-state index contributed by atoms with van der Waals surface area (Å²) in [4.78, 5) is 14.2. The minimum absolute atomic E-state index is 0.196. The second-order valence-electron chi connectivity index (χ2n) is 4.61. The fraction of sp³-hybridized carbons (Fsp3) is 0.357. The highest BCUT2D eigenvalue weighted by atomic mass is 16.4. The van der Waals surface area contributed by atoms with Crippen molar-refractivity contribution in [2.75, 3.05) is 0 Å². The van der Waals surface area contributed by atoms with Crippen molar-refractivity contribution in [1.82, 2.24) is 4.98 Å². The number of aromatic nitrogens is 1. The fourth-order valence-electron chi connectivity index (χ4n) is 2.25. The molecule has 0 aliphatic heterocycles. The van der Waals surface area contributed by atoms with Crippen molar-refractivity contribution in [1.29, 1.82) is 0 Å². The number of aryl methyl sites for hydroxylation is 1. The third-order valence-electron chi connectivity index (χ3n) is 3.10. The molecule has 0 amide bonds. The van der Waals surface area contributed by atoms with E-state index < -0.39 is 5.97 Å². The van der Waals surface area contributed by atoms with E-state index in [4.69, 9.17) is 0 Å². The first kappa shape index (κ1) is 11.7. The molecule has 0 spiro atoms. The first-order chi connectivity index (χ1) is 8.04. The Morgan fingerprint density at radius 1 is 1.41 bits per heavy atom. The van der Waals surface area contributed by atoms with E-state index in [0.717, 1.165) is 22.9 Å². The number of aromatic carboxylic acids is 1. The number of hydrogen-bond donors (Lipinski definition) is 2. The lowest BCUT2D eigenvalue weighted by atomic mass is 9.98. The molecular formula is C14H17NO2. The quantitative estimate of drug-likeness (QED) is 0.848.